The molecule has 0 atom stereocenters. The second-order valence-corrected chi connectivity index (χ2v) is 4.68. The summed E-state index contributed by atoms with van der Waals surface area (Å²) < 4.78 is 5.11. The predicted molar refractivity (Wildman–Crippen MR) is 54.6 cm³/mol. The maximum atomic E-state index is 11.1. The van der Waals surface area contributed by atoms with Crippen molar-refractivity contribution in [3.05, 3.63) is 0 Å². The summed E-state index contributed by atoms with van der Waals surface area (Å²) in [4.78, 5) is 11.1. The molecule has 0 aromatic rings. The fourth-order valence-corrected chi connectivity index (χ4v) is 0.889. The highest BCUT2D eigenvalue weighted by Crippen LogP contribution is 2.13. The molecule has 0 rings (SSSR count). The third kappa shape index (κ3) is 9.38. The monoisotopic (exact) mass is 186 g/mol. The first-order chi connectivity index (χ1) is 5.95. The van der Waals surface area contributed by atoms with Crippen LogP contribution in [0, 0.1) is 5.41 Å². The number of carbonyl (C=O) groups is 1. The summed E-state index contributed by atoms with van der Waals surface area (Å²) in [5, 5.41) is 0. The highest BCUT2D eigenvalue weighted by molar-refractivity contribution is 5.69. The van der Waals surface area contributed by atoms with Crippen molar-refractivity contribution in [1.29, 1.82) is 0 Å². The molecule has 0 amide bonds. The van der Waals surface area contributed by atoms with Gasteiger partial charge >= 0.3 is 5.97 Å². The summed E-state index contributed by atoms with van der Waals surface area (Å²) in [5.74, 6) is -0.0524. The fourth-order valence-electron chi connectivity index (χ4n) is 0.889. The number of ether oxygens (including phenoxy) is 1. The van der Waals surface area contributed by atoms with Crippen molar-refractivity contribution in [1.82, 2.24) is 0 Å². The van der Waals surface area contributed by atoms with Gasteiger partial charge in [-0.3, -0.25) is 4.79 Å². The van der Waals surface area contributed by atoms with E-state index in [1.54, 1.807) is 0 Å². The second-order valence-electron chi connectivity index (χ2n) is 4.68. The zero-order valence-electron chi connectivity index (χ0n) is 9.35. The van der Waals surface area contributed by atoms with E-state index in [0.717, 1.165) is 19.3 Å². The van der Waals surface area contributed by atoms with Crippen molar-refractivity contribution in [3.8, 4) is 0 Å². The van der Waals surface area contributed by atoms with Gasteiger partial charge in [0.2, 0.25) is 0 Å². The van der Waals surface area contributed by atoms with Crippen LogP contribution in [0.25, 0.3) is 0 Å². The average Bonchev–Trinajstić information content (AvgIpc) is 2.00. The number of carbonyl (C=O) groups excluding carboxylic acids is 1. The highest BCUT2D eigenvalue weighted by Gasteiger charge is 2.13. The van der Waals surface area contributed by atoms with Gasteiger partial charge in [-0.05, 0) is 11.8 Å². The Morgan fingerprint density at radius 3 is 2.31 bits per heavy atom. The quantitative estimate of drug-likeness (QED) is 0.487. The Balaban J connectivity index is 3.41. The van der Waals surface area contributed by atoms with Crippen LogP contribution in [0.5, 0.6) is 0 Å². The van der Waals surface area contributed by atoms with E-state index in [1.807, 2.05) is 0 Å². The number of rotatable bonds is 5. The van der Waals surface area contributed by atoms with E-state index in [9.17, 15) is 4.79 Å². The number of esters is 1. The molecule has 0 saturated carbocycles. The lowest BCUT2D eigenvalue weighted by Crippen LogP contribution is -2.18. The zero-order valence-corrected chi connectivity index (χ0v) is 9.35. The molecule has 0 unspecified atom stereocenters. The van der Waals surface area contributed by atoms with Crippen LogP contribution in [0.2, 0.25) is 0 Å². The van der Waals surface area contributed by atoms with E-state index in [2.05, 4.69) is 27.7 Å². The van der Waals surface area contributed by atoms with Crippen molar-refractivity contribution in [2.24, 2.45) is 5.41 Å². The lowest BCUT2D eigenvalue weighted by atomic mass is 9.99. The van der Waals surface area contributed by atoms with Crippen molar-refractivity contribution in [2.45, 2.75) is 53.4 Å². The molecule has 78 valence electrons. The van der Waals surface area contributed by atoms with Crippen LogP contribution in [-0.4, -0.2) is 12.6 Å². The molecule has 0 heterocycles. The molecule has 0 spiro atoms. The lowest BCUT2D eigenvalue weighted by molar-refractivity contribution is -0.146. The van der Waals surface area contributed by atoms with E-state index in [0.29, 0.717) is 13.0 Å². The zero-order chi connectivity index (χ0) is 10.3. The third-order valence-corrected chi connectivity index (χ3v) is 1.65. The molecular formula is C11H22O2. The molecule has 0 radical (unpaired) electrons. The SMILES string of the molecule is CCCCCC(=O)OCC(C)(C)C. The smallest absolute Gasteiger partial charge is 0.305 e. The minimum absolute atomic E-state index is 0.0524. The molecule has 2 heteroatoms. The summed E-state index contributed by atoms with van der Waals surface area (Å²) in [5.41, 5.74) is 0.0837. The van der Waals surface area contributed by atoms with Gasteiger partial charge in [0, 0.05) is 6.42 Å². The molecular weight excluding hydrogens is 164 g/mol. The van der Waals surface area contributed by atoms with E-state index in [1.165, 1.54) is 0 Å². The standard InChI is InChI=1S/C11H22O2/c1-5-6-7-8-10(12)13-9-11(2,3)4/h5-9H2,1-4H3. The molecule has 0 aliphatic carbocycles. The molecule has 0 saturated heterocycles. The number of unbranched alkanes of at least 4 members (excludes halogenated alkanes) is 2. The van der Waals surface area contributed by atoms with Gasteiger partial charge < -0.3 is 4.74 Å². The summed E-state index contributed by atoms with van der Waals surface area (Å²) in [6.07, 6.45) is 3.79. The van der Waals surface area contributed by atoms with Crippen molar-refractivity contribution in [3.63, 3.8) is 0 Å². The van der Waals surface area contributed by atoms with Crippen molar-refractivity contribution >= 4 is 5.97 Å². The van der Waals surface area contributed by atoms with Crippen LogP contribution < -0.4 is 0 Å². The Labute approximate surface area is 81.7 Å². The minimum atomic E-state index is -0.0524. The molecule has 0 N–H and O–H groups in total. The normalized spacial score (nSPS) is 11.4. The Bertz CT molecular complexity index is 145. The number of hydrogen-bond acceptors (Lipinski definition) is 2. The summed E-state index contributed by atoms with van der Waals surface area (Å²) >= 11 is 0. The van der Waals surface area contributed by atoms with Crippen LogP contribution in [-0.2, 0) is 9.53 Å². The average molecular weight is 186 g/mol. The fraction of sp³-hybridized carbons (Fsp3) is 0.909. The maximum Gasteiger partial charge on any atom is 0.305 e. The van der Waals surface area contributed by atoms with E-state index >= 15 is 0 Å². The molecule has 0 aromatic heterocycles. The van der Waals surface area contributed by atoms with Crippen LogP contribution >= 0.6 is 0 Å². The Morgan fingerprint density at radius 1 is 1.23 bits per heavy atom. The summed E-state index contributed by atoms with van der Waals surface area (Å²) in [6, 6.07) is 0. The maximum absolute atomic E-state index is 11.1. The Morgan fingerprint density at radius 2 is 1.85 bits per heavy atom. The first kappa shape index (κ1) is 12.5. The van der Waals surface area contributed by atoms with Crippen molar-refractivity contribution in [2.75, 3.05) is 6.61 Å². The van der Waals surface area contributed by atoms with E-state index in [4.69, 9.17) is 4.74 Å². The van der Waals surface area contributed by atoms with Crippen LogP contribution in [0.4, 0.5) is 0 Å². The van der Waals surface area contributed by atoms with Gasteiger partial charge in [0.25, 0.3) is 0 Å². The Kier molecular flexibility index (Phi) is 5.76. The largest absolute Gasteiger partial charge is 0.465 e. The van der Waals surface area contributed by atoms with Crippen LogP contribution in [0.15, 0.2) is 0 Å². The van der Waals surface area contributed by atoms with E-state index in [-0.39, 0.29) is 11.4 Å². The molecule has 2 nitrogen and oxygen atoms in total. The van der Waals surface area contributed by atoms with Crippen LogP contribution in [0.1, 0.15) is 53.4 Å². The molecule has 0 aliphatic heterocycles. The topological polar surface area (TPSA) is 26.3 Å². The predicted octanol–water partition coefficient (Wildman–Crippen LogP) is 3.16. The third-order valence-electron chi connectivity index (χ3n) is 1.65. The molecule has 0 aliphatic rings. The van der Waals surface area contributed by atoms with Gasteiger partial charge in [-0.1, -0.05) is 40.5 Å². The van der Waals surface area contributed by atoms with Gasteiger partial charge in [-0.2, -0.15) is 0 Å². The lowest BCUT2D eigenvalue weighted by Gasteiger charge is -2.17. The summed E-state index contributed by atoms with van der Waals surface area (Å²) in [7, 11) is 0. The van der Waals surface area contributed by atoms with Gasteiger partial charge in [0.05, 0.1) is 6.61 Å². The van der Waals surface area contributed by atoms with Gasteiger partial charge in [0.15, 0.2) is 0 Å². The van der Waals surface area contributed by atoms with E-state index < -0.39 is 0 Å². The second kappa shape index (κ2) is 6.01. The highest BCUT2D eigenvalue weighted by atomic mass is 16.5. The van der Waals surface area contributed by atoms with Crippen molar-refractivity contribution < 1.29 is 9.53 Å². The first-order valence-corrected chi connectivity index (χ1v) is 5.11. The molecule has 0 fully saturated rings. The molecule has 13 heavy (non-hydrogen) atoms. The molecule has 0 aromatic carbocycles. The van der Waals surface area contributed by atoms with Gasteiger partial charge in [0.1, 0.15) is 0 Å². The van der Waals surface area contributed by atoms with Gasteiger partial charge in [-0.25, -0.2) is 0 Å². The number of hydrogen-bond donors (Lipinski definition) is 0. The summed E-state index contributed by atoms with van der Waals surface area (Å²) in [6.45, 7) is 8.84. The van der Waals surface area contributed by atoms with Crippen LogP contribution in [0.3, 0.4) is 0 Å². The van der Waals surface area contributed by atoms with Gasteiger partial charge in [-0.15, -0.1) is 0 Å². The Hall–Kier alpha value is -0.530. The molecule has 0 bridgehead atoms. The first-order valence-electron chi connectivity index (χ1n) is 5.11. The minimum Gasteiger partial charge on any atom is -0.465 e.